The predicted molar refractivity (Wildman–Crippen MR) is 112 cm³/mol. The molecule has 2 aromatic carbocycles. The van der Waals surface area contributed by atoms with Crippen molar-refractivity contribution in [2.24, 2.45) is 11.8 Å². The maximum Gasteiger partial charge on any atom is 0.200 e. The first-order valence-electron chi connectivity index (χ1n) is 10.1. The SMILES string of the molecule is COc1cc(O)c(CCC(C)CCCC(C)C)c(O)c1C(=O)c1ccccc1. The first-order chi connectivity index (χ1) is 13.3. The molecule has 0 spiro atoms. The van der Waals surface area contributed by atoms with Crippen molar-refractivity contribution in [1.29, 1.82) is 0 Å². The van der Waals surface area contributed by atoms with Crippen LogP contribution < -0.4 is 4.74 Å². The first kappa shape index (κ1) is 21.8. The van der Waals surface area contributed by atoms with E-state index >= 15 is 0 Å². The fourth-order valence-electron chi connectivity index (χ4n) is 3.44. The lowest BCUT2D eigenvalue weighted by Gasteiger charge is -2.17. The van der Waals surface area contributed by atoms with Crippen molar-refractivity contribution < 1.29 is 19.7 Å². The van der Waals surface area contributed by atoms with Gasteiger partial charge in [0.25, 0.3) is 0 Å². The molecule has 28 heavy (non-hydrogen) atoms. The van der Waals surface area contributed by atoms with Crippen molar-refractivity contribution in [2.45, 2.75) is 52.9 Å². The van der Waals surface area contributed by atoms with Gasteiger partial charge in [-0.1, -0.05) is 70.4 Å². The summed E-state index contributed by atoms with van der Waals surface area (Å²) in [5.41, 5.74) is 0.986. The number of benzene rings is 2. The van der Waals surface area contributed by atoms with Gasteiger partial charge in [-0.25, -0.2) is 0 Å². The van der Waals surface area contributed by atoms with Gasteiger partial charge < -0.3 is 14.9 Å². The summed E-state index contributed by atoms with van der Waals surface area (Å²) >= 11 is 0. The zero-order valence-corrected chi connectivity index (χ0v) is 17.4. The second-order valence-corrected chi connectivity index (χ2v) is 7.96. The van der Waals surface area contributed by atoms with Gasteiger partial charge in [0.05, 0.1) is 7.11 Å². The number of phenols is 2. The summed E-state index contributed by atoms with van der Waals surface area (Å²) in [6, 6.07) is 10.2. The summed E-state index contributed by atoms with van der Waals surface area (Å²) in [4.78, 5) is 12.9. The van der Waals surface area contributed by atoms with E-state index in [1.807, 2.05) is 6.07 Å². The second kappa shape index (κ2) is 10.2. The minimum Gasteiger partial charge on any atom is -0.507 e. The van der Waals surface area contributed by atoms with E-state index in [0.29, 0.717) is 29.4 Å². The topological polar surface area (TPSA) is 66.8 Å². The molecule has 2 aromatic rings. The Kier molecular flexibility index (Phi) is 7.91. The quantitative estimate of drug-likeness (QED) is 0.513. The van der Waals surface area contributed by atoms with E-state index in [9.17, 15) is 15.0 Å². The molecule has 0 bridgehead atoms. The van der Waals surface area contributed by atoms with E-state index in [1.165, 1.54) is 26.0 Å². The molecule has 0 aliphatic carbocycles. The zero-order valence-electron chi connectivity index (χ0n) is 17.4. The third kappa shape index (κ3) is 5.51. The highest BCUT2D eigenvalue weighted by molar-refractivity contribution is 6.12. The molecule has 4 heteroatoms. The minimum absolute atomic E-state index is 0.0339. The second-order valence-electron chi connectivity index (χ2n) is 7.96. The van der Waals surface area contributed by atoms with Crippen LogP contribution in [-0.2, 0) is 6.42 Å². The van der Waals surface area contributed by atoms with Crippen LogP contribution in [0.15, 0.2) is 36.4 Å². The Hall–Kier alpha value is -2.49. The third-order valence-corrected chi connectivity index (χ3v) is 5.19. The zero-order chi connectivity index (χ0) is 20.7. The van der Waals surface area contributed by atoms with Crippen molar-refractivity contribution in [1.82, 2.24) is 0 Å². The van der Waals surface area contributed by atoms with E-state index in [0.717, 1.165) is 12.8 Å². The third-order valence-electron chi connectivity index (χ3n) is 5.19. The number of carbonyl (C=O) groups excluding carboxylic acids is 1. The molecule has 0 amide bonds. The Morgan fingerprint density at radius 3 is 2.32 bits per heavy atom. The molecule has 2 rings (SSSR count). The number of hydrogen-bond acceptors (Lipinski definition) is 4. The largest absolute Gasteiger partial charge is 0.507 e. The van der Waals surface area contributed by atoms with Gasteiger partial charge in [0.15, 0.2) is 0 Å². The van der Waals surface area contributed by atoms with Gasteiger partial charge in [0.2, 0.25) is 5.78 Å². The van der Waals surface area contributed by atoms with Crippen molar-refractivity contribution in [3.8, 4) is 17.2 Å². The summed E-state index contributed by atoms with van der Waals surface area (Å²) in [6.45, 7) is 6.64. The summed E-state index contributed by atoms with van der Waals surface area (Å²) in [5.74, 6) is 0.827. The molecule has 0 saturated heterocycles. The van der Waals surface area contributed by atoms with Crippen LogP contribution in [0.1, 0.15) is 67.9 Å². The Morgan fingerprint density at radius 2 is 1.71 bits per heavy atom. The molecule has 0 aliphatic heterocycles. The number of aromatic hydroxyl groups is 2. The average Bonchev–Trinajstić information content (AvgIpc) is 2.67. The van der Waals surface area contributed by atoms with Crippen molar-refractivity contribution >= 4 is 5.78 Å². The van der Waals surface area contributed by atoms with Crippen molar-refractivity contribution in [3.63, 3.8) is 0 Å². The molecule has 0 radical (unpaired) electrons. The Morgan fingerprint density at radius 1 is 1.04 bits per heavy atom. The van der Waals surface area contributed by atoms with Crippen LogP contribution in [-0.4, -0.2) is 23.1 Å². The molecular weight excluding hydrogens is 352 g/mol. The monoisotopic (exact) mass is 384 g/mol. The molecule has 0 aliphatic rings. The molecule has 0 saturated carbocycles. The van der Waals surface area contributed by atoms with Crippen LogP contribution in [0.2, 0.25) is 0 Å². The highest BCUT2D eigenvalue weighted by atomic mass is 16.5. The molecule has 4 nitrogen and oxygen atoms in total. The standard InChI is InChI=1S/C24H32O4/c1-16(2)9-8-10-17(3)13-14-19-20(25)15-21(28-4)22(24(19)27)23(26)18-11-6-5-7-12-18/h5-7,11-12,15-17,25,27H,8-10,13-14H2,1-4H3. The maximum atomic E-state index is 12.9. The van der Waals surface area contributed by atoms with Gasteiger partial charge in [-0.2, -0.15) is 0 Å². The van der Waals surface area contributed by atoms with Gasteiger partial charge in [0.1, 0.15) is 22.8 Å². The van der Waals surface area contributed by atoms with Gasteiger partial charge in [-0.05, 0) is 24.7 Å². The Balaban J connectivity index is 2.22. The molecule has 0 aromatic heterocycles. The first-order valence-corrected chi connectivity index (χ1v) is 10.1. The Labute approximate surface area is 168 Å². The van der Waals surface area contributed by atoms with Crippen LogP contribution in [0, 0.1) is 11.8 Å². The molecule has 0 heterocycles. The fourth-order valence-corrected chi connectivity index (χ4v) is 3.44. The average molecular weight is 385 g/mol. The number of phenolic OH excluding ortho intramolecular Hbond substituents is 2. The molecule has 2 N–H and O–H groups in total. The van der Waals surface area contributed by atoms with Crippen LogP contribution in [0.4, 0.5) is 0 Å². The van der Waals surface area contributed by atoms with Crippen LogP contribution in [0.3, 0.4) is 0 Å². The summed E-state index contributed by atoms with van der Waals surface area (Å²) in [5, 5.41) is 21.2. The lowest BCUT2D eigenvalue weighted by Crippen LogP contribution is -2.07. The van der Waals surface area contributed by atoms with Crippen LogP contribution >= 0.6 is 0 Å². The number of ketones is 1. The number of rotatable bonds is 10. The minimum atomic E-state index is -0.318. The van der Waals surface area contributed by atoms with Gasteiger partial charge >= 0.3 is 0 Å². The number of ether oxygens (including phenoxy) is 1. The number of hydrogen-bond donors (Lipinski definition) is 2. The lowest BCUT2D eigenvalue weighted by atomic mass is 9.91. The highest BCUT2D eigenvalue weighted by Gasteiger charge is 2.24. The van der Waals surface area contributed by atoms with Crippen molar-refractivity contribution in [2.75, 3.05) is 7.11 Å². The molecular formula is C24H32O4. The highest BCUT2D eigenvalue weighted by Crippen LogP contribution is 2.40. The smallest absolute Gasteiger partial charge is 0.200 e. The van der Waals surface area contributed by atoms with E-state index < -0.39 is 0 Å². The van der Waals surface area contributed by atoms with Crippen LogP contribution in [0.5, 0.6) is 17.2 Å². The van der Waals surface area contributed by atoms with Crippen molar-refractivity contribution in [3.05, 3.63) is 53.1 Å². The molecule has 152 valence electrons. The van der Waals surface area contributed by atoms with E-state index in [4.69, 9.17) is 4.74 Å². The number of methoxy groups -OCH3 is 1. The van der Waals surface area contributed by atoms with E-state index in [2.05, 4.69) is 20.8 Å². The maximum absolute atomic E-state index is 12.9. The van der Waals surface area contributed by atoms with Crippen LogP contribution in [0.25, 0.3) is 0 Å². The molecule has 0 fully saturated rings. The Bertz CT molecular complexity index is 781. The summed E-state index contributed by atoms with van der Waals surface area (Å²) < 4.78 is 5.26. The summed E-state index contributed by atoms with van der Waals surface area (Å²) in [7, 11) is 1.42. The van der Waals surface area contributed by atoms with Gasteiger partial charge in [-0.15, -0.1) is 0 Å². The number of carbonyl (C=O) groups is 1. The van der Waals surface area contributed by atoms with E-state index in [1.54, 1.807) is 24.3 Å². The van der Waals surface area contributed by atoms with E-state index in [-0.39, 0.29) is 28.6 Å². The lowest BCUT2D eigenvalue weighted by molar-refractivity contribution is 0.103. The van der Waals surface area contributed by atoms with Gasteiger partial charge in [0, 0.05) is 17.2 Å². The molecule has 1 atom stereocenters. The van der Waals surface area contributed by atoms with Gasteiger partial charge in [-0.3, -0.25) is 4.79 Å². The summed E-state index contributed by atoms with van der Waals surface area (Å²) in [6.07, 6.45) is 4.85. The normalized spacial score (nSPS) is 12.2. The predicted octanol–water partition coefficient (Wildman–Crippen LogP) is 5.73. The fraction of sp³-hybridized carbons (Fsp3) is 0.458. The molecule has 1 unspecified atom stereocenters.